The lowest BCUT2D eigenvalue weighted by Crippen LogP contribution is -2.30. The summed E-state index contributed by atoms with van der Waals surface area (Å²) >= 11 is 1.89. The van der Waals surface area contributed by atoms with E-state index in [1.54, 1.807) is 10.4 Å². The van der Waals surface area contributed by atoms with Gasteiger partial charge in [-0.25, -0.2) is 4.79 Å². The second-order valence-corrected chi connectivity index (χ2v) is 6.98. The Balaban J connectivity index is 1.51. The van der Waals surface area contributed by atoms with Crippen molar-refractivity contribution in [2.24, 2.45) is 0 Å². The van der Waals surface area contributed by atoms with Crippen LogP contribution in [0.3, 0.4) is 0 Å². The Hall–Kier alpha value is -1.81. The van der Waals surface area contributed by atoms with Crippen LogP contribution in [0.2, 0.25) is 0 Å². The smallest absolute Gasteiger partial charge is 0.319 e. The SMILES string of the molecule is CCc1ccccc1NC(=O)NCCc1csc2c1CCCC2. The summed E-state index contributed by atoms with van der Waals surface area (Å²) in [6.07, 6.45) is 6.92. The summed E-state index contributed by atoms with van der Waals surface area (Å²) in [4.78, 5) is 13.6. The highest BCUT2D eigenvalue weighted by Gasteiger charge is 2.15. The third-order valence-electron chi connectivity index (χ3n) is 4.47. The molecule has 2 aromatic rings. The van der Waals surface area contributed by atoms with Crippen molar-refractivity contribution in [3.05, 3.63) is 51.2 Å². The molecule has 4 heteroatoms. The van der Waals surface area contributed by atoms with Crippen LogP contribution in [0.1, 0.15) is 41.3 Å². The summed E-state index contributed by atoms with van der Waals surface area (Å²) in [5.74, 6) is 0. The van der Waals surface area contributed by atoms with Crippen LogP contribution in [0.25, 0.3) is 0 Å². The van der Waals surface area contributed by atoms with Crippen LogP contribution in [0.15, 0.2) is 29.6 Å². The van der Waals surface area contributed by atoms with Gasteiger partial charge in [0.05, 0.1) is 0 Å². The molecule has 122 valence electrons. The number of carbonyl (C=O) groups is 1. The maximum absolute atomic E-state index is 12.1. The van der Waals surface area contributed by atoms with Crippen molar-refractivity contribution in [1.82, 2.24) is 5.32 Å². The van der Waals surface area contributed by atoms with Crippen molar-refractivity contribution in [2.45, 2.75) is 45.4 Å². The van der Waals surface area contributed by atoms with Gasteiger partial charge in [0, 0.05) is 17.1 Å². The van der Waals surface area contributed by atoms with Crippen molar-refractivity contribution < 1.29 is 4.79 Å². The first-order chi connectivity index (χ1) is 11.3. The number of rotatable bonds is 5. The molecule has 0 saturated carbocycles. The average Bonchev–Trinajstić information content (AvgIpc) is 2.99. The molecular weight excluding hydrogens is 304 g/mol. The molecule has 0 spiro atoms. The molecule has 1 aromatic heterocycles. The number of hydrogen-bond acceptors (Lipinski definition) is 2. The molecule has 1 heterocycles. The van der Waals surface area contributed by atoms with Crippen LogP contribution in [-0.2, 0) is 25.7 Å². The molecule has 1 aliphatic carbocycles. The maximum atomic E-state index is 12.1. The van der Waals surface area contributed by atoms with Gasteiger partial charge in [-0.3, -0.25) is 0 Å². The number of para-hydroxylation sites is 1. The number of benzene rings is 1. The quantitative estimate of drug-likeness (QED) is 0.830. The number of thiophene rings is 1. The van der Waals surface area contributed by atoms with Crippen molar-refractivity contribution in [3.63, 3.8) is 0 Å². The van der Waals surface area contributed by atoms with E-state index in [2.05, 4.69) is 22.9 Å². The maximum Gasteiger partial charge on any atom is 0.319 e. The summed E-state index contributed by atoms with van der Waals surface area (Å²) in [6.45, 7) is 2.78. The van der Waals surface area contributed by atoms with Gasteiger partial charge in [0.1, 0.15) is 0 Å². The molecular formula is C19H24N2OS. The number of carbonyl (C=O) groups excluding carboxylic acids is 1. The number of anilines is 1. The molecule has 0 radical (unpaired) electrons. The zero-order valence-corrected chi connectivity index (χ0v) is 14.5. The zero-order valence-electron chi connectivity index (χ0n) is 13.7. The molecule has 2 amide bonds. The summed E-state index contributed by atoms with van der Waals surface area (Å²) in [5, 5.41) is 8.22. The van der Waals surface area contributed by atoms with Gasteiger partial charge in [0.2, 0.25) is 0 Å². The Bertz CT molecular complexity index is 678. The van der Waals surface area contributed by atoms with Crippen LogP contribution in [0.4, 0.5) is 10.5 Å². The monoisotopic (exact) mass is 328 g/mol. The third-order valence-corrected chi connectivity index (χ3v) is 5.61. The van der Waals surface area contributed by atoms with Crippen molar-refractivity contribution >= 4 is 23.1 Å². The Morgan fingerprint density at radius 2 is 2.00 bits per heavy atom. The fourth-order valence-corrected chi connectivity index (χ4v) is 4.38. The lowest BCUT2D eigenvalue weighted by Gasteiger charge is -2.13. The molecule has 0 atom stereocenters. The molecule has 2 N–H and O–H groups in total. The van der Waals surface area contributed by atoms with Crippen LogP contribution < -0.4 is 10.6 Å². The minimum Gasteiger partial charge on any atom is -0.338 e. The molecule has 3 nitrogen and oxygen atoms in total. The standard InChI is InChI=1S/C19H24N2OS/c1-2-14-7-3-5-9-17(14)21-19(22)20-12-11-15-13-23-18-10-6-4-8-16(15)18/h3,5,7,9,13H,2,4,6,8,10-12H2,1H3,(H2,20,21,22). The van der Waals surface area contributed by atoms with Crippen molar-refractivity contribution in [3.8, 4) is 0 Å². The van der Waals surface area contributed by atoms with Gasteiger partial charge >= 0.3 is 6.03 Å². The highest BCUT2D eigenvalue weighted by atomic mass is 32.1. The summed E-state index contributed by atoms with van der Waals surface area (Å²) in [6, 6.07) is 7.84. The van der Waals surface area contributed by atoms with Crippen molar-refractivity contribution in [1.29, 1.82) is 0 Å². The van der Waals surface area contributed by atoms with Crippen LogP contribution >= 0.6 is 11.3 Å². The fourth-order valence-electron chi connectivity index (χ4n) is 3.20. The topological polar surface area (TPSA) is 41.1 Å². The van der Waals surface area contributed by atoms with Crippen LogP contribution in [0, 0.1) is 0 Å². The van der Waals surface area contributed by atoms with Gasteiger partial charge < -0.3 is 10.6 Å². The highest BCUT2D eigenvalue weighted by Crippen LogP contribution is 2.30. The van der Waals surface area contributed by atoms with E-state index in [0.29, 0.717) is 6.54 Å². The van der Waals surface area contributed by atoms with Crippen LogP contribution in [-0.4, -0.2) is 12.6 Å². The molecule has 23 heavy (non-hydrogen) atoms. The Kier molecular flexibility index (Phi) is 5.34. The minimum absolute atomic E-state index is 0.116. The van der Waals surface area contributed by atoms with Gasteiger partial charge in [0.15, 0.2) is 0 Å². The number of hydrogen-bond donors (Lipinski definition) is 2. The van der Waals surface area contributed by atoms with E-state index in [1.165, 1.54) is 31.2 Å². The highest BCUT2D eigenvalue weighted by molar-refractivity contribution is 7.10. The molecule has 0 fully saturated rings. The van der Waals surface area contributed by atoms with Gasteiger partial charge in [-0.05, 0) is 66.7 Å². The molecule has 0 bridgehead atoms. The fraction of sp³-hybridized carbons (Fsp3) is 0.421. The van der Waals surface area contributed by atoms with Crippen LogP contribution in [0.5, 0.6) is 0 Å². The predicted octanol–water partition coefficient (Wildman–Crippen LogP) is 4.55. The molecule has 1 aliphatic rings. The first kappa shape index (κ1) is 16.1. The van der Waals surface area contributed by atoms with Gasteiger partial charge in [-0.2, -0.15) is 0 Å². The Morgan fingerprint density at radius 3 is 2.87 bits per heavy atom. The predicted molar refractivity (Wildman–Crippen MR) is 97.5 cm³/mol. The number of fused-ring (bicyclic) bond motifs is 1. The lowest BCUT2D eigenvalue weighted by atomic mass is 9.95. The summed E-state index contributed by atoms with van der Waals surface area (Å²) in [7, 11) is 0. The largest absolute Gasteiger partial charge is 0.338 e. The molecule has 0 unspecified atom stereocenters. The number of nitrogens with one attached hydrogen (secondary N) is 2. The normalized spacial score (nSPS) is 13.4. The Labute approximate surface area is 142 Å². The van der Waals surface area contributed by atoms with E-state index in [-0.39, 0.29) is 6.03 Å². The molecule has 0 saturated heterocycles. The van der Waals surface area contributed by atoms with E-state index in [0.717, 1.165) is 24.1 Å². The van der Waals surface area contributed by atoms with Gasteiger partial charge in [0.25, 0.3) is 0 Å². The summed E-state index contributed by atoms with van der Waals surface area (Å²) in [5.41, 5.74) is 5.05. The molecule has 1 aromatic carbocycles. The average molecular weight is 328 g/mol. The van der Waals surface area contributed by atoms with E-state index in [9.17, 15) is 4.79 Å². The second kappa shape index (κ2) is 7.64. The minimum atomic E-state index is -0.116. The first-order valence-electron chi connectivity index (χ1n) is 8.48. The second-order valence-electron chi connectivity index (χ2n) is 6.01. The molecule has 3 rings (SSSR count). The zero-order chi connectivity index (χ0) is 16.1. The van der Waals surface area contributed by atoms with E-state index < -0.39 is 0 Å². The molecule has 0 aliphatic heterocycles. The first-order valence-corrected chi connectivity index (χ1v) is 9.36. The van der Waals surface area contributed by atoms with E-state index >= 15 is 0 Å². The van der Waals surface area contributed by atoms with Gasteiger partial charge in [-0.1, -0.05) is 25.1 Å². The number of urea groups is 1. The Morgan fingerprint density at radius 1 is 1.17 bits per heavy atom. The van der Waals surface area contributed by atoms with E-state index in [1.807, 2.05) is 35.6 Å². The van der Waals surface area contributed by atoms with Crippen molar-refractivity contribution in [2.75, 3.05) is 11.9 Å². The summed E-state index contributed by atoms with van der Waals surface area (Å²) < 4.78 is 0. The van der Waals surface area contributed by atoms with E-state index in [4.69, 9.17) is 0 Å². The lowest BCUT2D eigenvalue weighted by molar-refractivity contribution is 0.252. The number of aryl methyl sites for hydroxylation is 2. The third kappa shape index (κ3) is 3.94. The number of amides is 2. The van der Waals surface area contributed by atoms with Gasteiger partial charge in [-0.15, -0.1) is 11.3 Å².